The number of nitrogens with zero attached hydrogens (tertiary/aromatic N) is 1. The first-order valence-corrected chi connectivity index (χ1v) is 6.80. The molecule has 0 aromatic heterocycles. The first kappa shape index (κ1) is 16.7. The fourth-order valence-electron chi connectivity index (χ4n) is 1.84. The van der Waals surface area contributed by atoms with E-state index < -0.39 is 5.54 Å². The van der Waals surface area contributed by atoms with Crippen molar-refractivity contribution in [2.24, 2.45) is 5.92 Å². The maximum Gasteiger partial charge on any atom is 0.247 e. The van der Waals surface area contributed by atoms with Crippen LogP contribution in [0.15, 0.2) is 12.2 Å². The predicted molar refractivity (Wildman–Crippen MR) is 74.9 cm³/mol. The van der Waals surface area contributed by atoms with Gasteiger partial charge in [-0.05, 0) is 32.1 Å². The molecule has 0 aromatic rings. The van der Waals surface area contributed by atoms with E-state index in [0.29, 0.717) is 24.3 Å². The molecule has 0 spiro atoms. The van der Waals surface area contributed by atoms with E-state index in [4.69, 9.17) is 0 Å². The molecule has 2 atom stereocenters. The molecule has 0 fully saturated rings. The summed E-state index contributed by atoms with van der Waals surface area (Å²) in [4.78, 5) is 11.7. The summed E-state index contributed by atoms with van der Waals surface area (Å²) in [7, 11) is 0. The Hall–Kier alpha value is -1.30. The zero-order valence-electron chi connectivity index (χ0n) is 12.2. The zero-order valence-corrected chi connectivity index (χ0v) is 12.2. The van der Waals surface area contributed by atoms with E-state index in [1.807, 2.05) is 6.92 Å². The SMILES string of the molecule is C=C(C)C(=O)NC(C#N)(CCC)CCC(C)CC. The van der Waals surface area contributed by atoms with Crippen molar-refractivity contribution < 1.29 is 4.79 Å². The molecule has 3 heteroatoms. The van der Waals surface area contributed by atoms with Crippen molar-refractivity contribution in [2.45, 2.75) is 65.3 Å². The average Bonchev–Trinajstić information content (AvgIpc) is 2.35. The Morgan fingerprint density at radius 2 is 2.06 bits per heavy atom. The van der Waals surface area contributed by atoms with Gasteiger partial charge in [0.15, 0.2) is 0 Å². The van der Waals surface area contributed by atoms with E-state index >= 15 is 0 Å². The second kappa shape index (κ2) is 7.92. The molecule has 0 radical (unpaired) electrons. The molecule has 0 bridgehead atoms. The van der Waals surface area contributed by atoms with E-state index in [9.17, 15) is 10.1 Å². The quantitative estimate of drug-likeness (QED) is 0.670. The van der Waals surface area contributed by atoms with Crippen molar-refractivity contribution in [1.82, 2.24) is 5.32 Å². The van der Waals surface area contributed by atoms with Gasteiger partial charge in [0.1, 0.15) is 5.54 Å². The third-order valence-corrected chi connectivity index (χ3v) is 3.39. The molecule has 0 aliphatic heterocycles. The zero-order chi connectivity index (χ0) is 14.2. The van der Waals surface area contributed by atoms with Crippen LogP contribution in [0.2, 0.25) is 0 Å². The van der Waals surface area contributed by atoms with Crippen molar-refractivity contribution in [3.63, 3.8) is 0 Å². The molecular formula is C15H26N2O. The van der Waals surface area contributed by atoms with E-state index in [0.717, 1.165) is 19.3 Å². The van der Waals surface area contributed by atoms with Crippen LogP contribution in [0.1, 0.15) is 59.8 Å². The van der Waals surface area contributed by atoms with E-state index in [2.05, 4.69) is 31.8 Å². The second-order valence-corrected chi connectivity index (χ2v) is 5.23. The molecule has 102 valence electrons. The lowest BCUT2D eigenvalue weighted by Gasteiger charge is -2.28. The van der Waals surface area contributed by atoms with Gasteiger partial charge in [0, 0.05) is 5.57 Å². The lowest BCUT2D eigenvalue weighted by atomic mass is 9.86. The molecule has 1 N–H and O–H groups in total. The normalized spacial score (nSPS) is 15.3. The molecule has 0 saturated heterocycles. The molecule has 3 nitrogen and oxygen atoms in total. The van der Waals surface area contributed by atoms with Crippen LogP contribution in [-0.4, -0.2) is 11.4 Å². The number of amides is 1. The van der Waals surface area contributed by atoms with Gasteiger partial charge >= 0.3 is 0 Å². The highest BCUT2D eigenvalue weighted by Gasteiger charge is 2.31. The Labute approximate surface area is 111 Å². The molecule has 2 unspecified atom stereocenters. The molecule has 0 rings (SSSR count). The largest absolute Gasteiger partial charge is 0.334 e. The van der Waals surface area contributed by atoms with E-state index in [1.165, 1.54) is 0 Å². The van der Waals surface area contributed by atoms with Crippen molar-refractivity contribution in [2.75, 3.05) is 0 Å². The van der Waals surface area contributed by atoms with Crippen LogP contribution < -0.4 is 5.32 Å². The summed E-state index contributed by atoms with van der Waals surface area (Å²) in [6, 6.07) is 2.31. The lowest BCUT2D eigenvalue weighted by Crippen LogP contribution is -2.47. The van der Waals surface area contributed by atoms with Crippen molar-refractivity contribution in [3.05, 3.63) is 12.2 Å². The van der Waals surface area contributed by atoms with Gasteiger partial charge < -0.3 is 5.32 Å². The number of hydrogen-bond donors (Lipinski definition) is 1. The molecule has 0 aliphatic carbocycles. The molecule has 0 aromatic carbocycles. The highest BCUT2D eigenvalue weighted by molar-refractivity contribution is 5.92. The fraction of sp³-hybridized carbons (Fsp3) is 0.733. The lowest BCUT2D eigenvalue weighted by molar-refractivity contribution is -0.118. The van der Waals surface area contributed by atoms with Crippen molar-refractivity contribution in [1.29, 1.82) is 5.26 Å². The third kappa shape index (κ3) is 5.35. The molecule has 18 heavy (non-hydrogen) atoms. The Balaban J connectivity index is 4.76. The van der Waals surface area contributed by atoms with Crippen LogP contribution in [0.25, 0.3) is 0 Å². The standard InChI is InChI=1S/C15H26N2O/c1-6-9-15(11-16,10-8-13(5)7-2)17-14(18)12(3)4/h13H,3,6-10H2,1-2,4-5H3,(H,17,18). The van der Waals surface area contributed by atoms with Gasteiger partial charge in [-0.3, -0.25) is 4.79 Å². The van der Waals surface area contributed by atoms with Crippen LogP contribution in [0.4, 0.5) is 0 Å². The second-order valence-electron chi connectivity index (χ2n) is 5.23. The van der Waals surface area contributed by atoms with Gasteiger partial charge in [-0.2, -0.15) is 5.26 Å². The van der Waals surface area contributed by atoms with Crippen molar-refractivity contribution >= 4 is 5.91 Å². The Bertz CT molecular complexity index is 330. The minimum atomic E-state index is -0.728. The monoisotopic (exact) mass is 250 g/mol. The van der Waals surface area contributed by atoms with Crippen molar-refractivity contribution in [3.8, 4) is 6.07 Å². The number of nitriles is 1. The molecule has 0 aliphatic rings. The Morgan fingerprint density at radius 3 is 2.44 bits per heavy atom. The average molecular weight is 250 g/mol. The maximum atomic E-state index is 11.7. The summed E-state index contributed by atoms with van der Waals surface area (Å²) >= 11 is 0. The summed E-state index contributed by atoms with van der Waals surface area (Å²) in [5.41, 5.74) is -0.275. The highest BCUT2D eigenvalue weighted by atomic mass is 16.1. The smallest absolute Gasteiger partial charge is 0.247 e. The molecule has 0 heterocycles. The predicted octanol–water partition coefficient (Wildman–Crippen LogP) is 3.57. The Kier molecular flexibility index (Phi) is 7.35. The van der Waals surface area contributed by atoms with Gasteiger partial charge in [-0.1, -0.05) is 40.2 Å². The minimum absolute atomic E-state index is 0.214. The van der Waals surface area contributed by atoms with Gasteiger partial charge in [-0.15, -0.1) is 0 Å². The number of hydrogen-bond acceptors (Lipinski definition) is 2. The summed E-state index contributed by atoms with van der Waals surface area (Å²) in [6.45, 7) is 11.6. The van der Waals surface area contributed by atoms with Crippen LogP contribution in [0.3, 0.4) is 0 Å². The molecule has 1 amide bonds. The van der Waals surface area contributed by atoms with Crippen LogP contribution in [-0.2, 0) is 4.79 Å². The first-order chi connectivity index (χ1) is 8.40. The topological polar surface area (TPSA) is 52.9 Å². The third-order valence-electron chi connectivity index (χ3n) is 3.39. The Morgan fingerprint density at radius 1 is 1.44 bits per heavy atom. The summed E-state index contributed by atoms with van der Waals surface area (Å²) in [6.07, 6.45) is 4.34. The van der Waals surface area contributed by atoms with Gasteiger partial charge in [0.05, 0.1) is 6.07 Å². The number of nitrogens with one attached hydrogen (secondary N) is 1. The molecule has 0 saturated carbocycles. The van der Waals surface area contributed by atoms with Gasteiger partial charge in [-0.25, -0.2) is 0 Å². The number of carbonyl (C=O) groups excluding carboxylic acids is 1. The van der Waals surface area contributed by atoms with Gasteiger partial charge in [0.2, 0.25) is 5.91 Å². The van der Waals surface area contributed by atoms with Crippen LogP contribution in [0.5, 0.6) is 0 Å². The van der Waals surface area contributed by atoms with Crippen LogP contribution >= 0.6 is 0 Å². The number of rotatable bonds is 8. The fourth-order valence-corrected chi connectivity index (χ4v) is 1.84. The van der Waals surface area contributed by atoms with E-state index in [-0.39, 0.29) is 5.91 Å². The summed E-state index contributed by atoms with van der Waals surface area (Å²) in [5.74, 6) is 0.366. The molecular weight excluding hydrogens is 224 g/mol. The summed E-state index contributed by atoms with van der Waals surface area (Å²) < 4.78 is 0. The highest BCUT2D eigenvalue weighted by Crippen LogP contribution is 2.23. The first-order valence-electron chi connectivity index (χ1n) is 6.80. The maximum absolute atomic E-state index is 11.7. The van der Waals surface area contributed by atoms with Gasteiger partial charge in [0.25, 0.3) is 0 Å². The minimum Gasteiger partial charge on any atom is -0.334 e. The summed E-state index contributed by atoms with van der Waals surface area (Å²) in [5, 5.41) is 12.3. The van der Waals surface area contributed by atoms with E-state index in [1.54, 1.807) is 6.92 Å². The number of carbonyl (C=O) groups is 1. The van der Waals surface area contributed by atoms with Crippen LogP contribution in [0, 0.1) is 17.2 Å².